The molecular formula is C25H24O6. The third-order valence-corrected chi connectivity index (χ3v) is 4.48. The van der Waals surface area contributed by atoms with Crippen LogP contribution in [-0.4, -0.2) is 23.3 Å². The fraction of sp³-hybridized carbons (Fsp3) is 0.160. The second-order valence-corrected chi connectivity index (χ2v) is 6.80. The van der Waals surface area contributed by atoms with Gasteiger partial charge in [-0.05, 0) is 29.8 Å². The first-order valence-electron chi connectivity index (χ1n) is 9.68. The first-order valence-corrected chi connectivity index (χ1v) is 9.68. The molecule has 0 aromatic heterocycles. The van der Waals surface area contributed by atoms with Crippen molar-refractivity contribution in [3.63, 3.8) is 0 Å². The number of rotatable bonds is 8. The van der Waals surface area contributed by atoms with Gasteiger partial charge in [-0.3, -0.25) is 4.79 Å². The van der Waals surface area contributed by atoms with Crippen molar-refractivity contribution in [2.24, 2.45) is 0 Å². The van der Waals surface area contributed by atoms with Crippen LogP contribution in [0.2, 0.25) is 0 Å². The Balaban J connectivity index is 1.79. The van der Waals surface area contributed by atoms with Gasteiger partial charge in [0.1, 0.15) is 35.7 Å². The quantitative estimate of drug-likeness (QED) is 0.408. The van der Waals surface area contributed by atoms with E-state index >= 15 is 0 Å². The predicted molar refractivity (Wildman–Crippen MR) is 117 cm³/mol. The summed E-state index contributed by atoms with van der Waals surface area (Å²) in [5, 5.41) is 20.6. The normalized spacial score (nSPS) is 11.8. The number of aromatic hydroxyl groups is 1. The van der Waals surface area contributed by atoms with Crippen LogP contribution in [0.1, 0.15) is 29.7 Å². The van der Waals surface area contributed by atoms with Crippen LogP contribution in [0, 0.1) is 0 Å². The third-order valence-electron chi connectivity index (χ3n) is 4.48. The minimum Gasteiger partial charge on any atom is -0.508 e. The molecule has 2 N–H and O–H groups in total. The highest BCUT2D eigenvalue weighted by atomic mass is 16.5. The lowest BCUT2D eigenvalue weighted by atomic mass is 10.1. The van der Waals surface area contributed by atoms with Crippen LogP contribution in [0.3, 0.4) is 0 Å². The van der Waals surface area contributed by atoms with Crippen LogP contribution >= 0.6 is 0 Å². The summed E-state index contributed by atoms with van der Waals surface area (Å²) in [6, 6.07) is 19.2. The highest BCUT2D eigenvalue weighted by molar-refractivity contribution is 5.70. The average Bonchev–Trinajstić information content (AvgIpc) is 2.76. The summed E-state index contributed by atoms with van der Waals surface area (Å²) < 4.78 is 16.3. The van der Waals surface area contributed by atoms with E-state index in [0.717, 1.165) is 5.56 Å². The average molecular weight is 420 g/mol. The molecule has 0 bridgehead atoms. The van der Waals surface area contributed by atoms with Crippen molar-refractivity contribution in [1.82, 2.24) is 0 Å². The minimum absolute atomic E-state index is 0.0470. The molecule has 1 atom stereocenters. The maximum Gasteiger partial charge on any atom is 0.308 e. The number of ether oxygens (including phenoxy) is 3. The lowest BCUT2D eigenvalue weighted by Crippen LogP contribution is -2.02. The van der Waals surface area contributed by atoms with Crippen molar-refractivity contribution in [1.29, 1.82) is 0 Å². The highest BCUT2D eigenvalue weighted by Gasteiger charge is 2.13. The number of carbonyl (C=O) groups is 1. The highest BCUT2D eigenvalue weighted by Crippen LogP contribution is 2.32. The largest absolute Gasteiger partial charge is 0.508 e. The SMILES string of the molecule is COc1cc(OC(C)=O)ccc1C=CC(O)c1ccc(O)cc1OCc1ccccc1. The molecule has 0 heterocycles. The second kappa shape index (κ2) is 10.3. The Hall–Kier alpha value is -3.77. The van der Waals surface area contributed by atoms with Gasteiger partial charge in [0, 0.05) is 30.2 Å². The topological polar surface area (TPSA) is 85.2 Å². The van der Waals surface area contributed by atoms with Gasteiger partial charge in [-0.15, -0.1) is 0 Å². The lowest BCUT2D eigenvalue weighted by molar-refractivity contribution is -0.131. The van der Waals surface area contributed by atoms with Crippen molar-refractivity contribution in [2.75, 3.05) is 7.11 Å². The van der Waals surface area contributed by atoms with Gasteiger partial charge in [0.2, 0.25) is 0 Å². The molecule has 0 saturated heterocycles. The van der Waals surface area contributed by atoms with E-state index in [1.165, 1.54) is 26.2 Å². The van der Waals surface area contributed by atoms with Crippen LogP contribution in [0.5, 0.6) is 23.0 Å². The summed E-state index contributed by atoms with van der Waals surface area (Å²) in [5.41, 5.74) is 2.18. The van der Waals surface area contributed by atoms with E-state index < -0.39 is 12.1 Å². The Kier molecular flexibility index (Phi) is 7.30. The smallest absolute Gasteiger partial charge is 0.308 e. The molecule has 0 aliphatic carbocycles. The standard InChI is InChI=1S/C25H24O6/c1-17(26)31-21-11-8-19(24(15-21)29-2)9-13-23(28)22-12-10-20(27)14-25(22)30-16-18-6-4-3-5-7-18/h3-15,23,27-28H,16H2,1-2H3. The number of esters is 1. The van der Waals surface area contributed by atoms with Crippen LogP contribution in [0.25, 0.3) is 6.08 Å². The zero-order valence-electron chi connectivity index (χ0n) is 17.3. The summed E-state index contributed by atoms with van der Waals surface area (Å²) in [7, 11) is 1.51. The number of aliphatic hydroxyl groups is 1. The molecule has 0 aliphatic heterocycles. The first-order chi connectivity index (χ1) is 15.0. The maximum atomic E-state index is 11.1. The molecule has 31 heavy (non-hydrogen) atoms. The number of aliphatic hydroxyl groups excluding tert-OH is 1. The number of phenols is 1. The molecule has 0 saturated carbocycles. The number of phenolic OH excluding ortho intramolecular Hbond substituents is 1. The zero-order valence-corrected chi connectivity index (χ0v) is 17.3. The molecule has 0 fully saturated rings. The maximum absolute atomic E-state index is 11.1. The van der Waals surface area contributed by atoms with E-state index in [9.17, 15) is 15.0 Å². The lowest BCUT2D eigenvalue weighted by Gasteiger charge is -2.15. The van der Waals surface area contributed by atoms with Gasteiger partial charge >= 0.3 is 5.97 Å². The van der Waals surface area contributed by atoms with Crippen LogP contribution in [0.15, 0.2) is 72.8 Å². The number of methoxy groups -OCH3 is 1. The van der Waals surface area contributed by atoms with E-state index in [1.807, 2.05) is 30.3 Å². The molecule has 160 valence electrons. The minimum atomic E-state index is -0.982. The van der Waals surface area contributed by atoms with E-state index in [1.54, 1.807) is 36.4 Å². The van der Waals surface area contributed by atoms with Crippen molar-refractivity contribution in [3.05, 3.63) is 89.5 Å². The summed E-state index contributed by atoms with van der Waals surface area (Å²) in [4.78, 5) is 11.1. The van der Waals surface area contributed by atoms with Gasteiger partial charge in [0.15, 0.2) is 0 Å². The van der Waals surface area contributed by atoms with E-state index in [4.69, 9.17) is 14.2 Å². The van der Waals surface area contributed by atoms with Crippen molar-refractivity contribution < 1.29 is 29.2 Å². The molecule has 0 amide bonds. The second-order valence-electron chi connectivity index (χ2n) is 6.80. The summed E-state index contributed by atoms with van der Waals surface area (Å²) in [5.74, 6) is 0.880. The number of hydrogen-bond donors (Lipinski definition) is 2. The Morgan fingerprint density at radius 3 is 2.52 bits per heavy atom. The number of benzene rings is 3. The van der Waals surface area contributed by atoms with Crippen LogP contribution in [0.4, 0.5) is 0 Å². The number of carbonyl (C=O) groups excluding carboxylic acids is 1. The molecule has 3 aromatic rings. The monoisotopic (exact) mass is 420 g/mol. The summed E-state index contributed by atoms with van der Waals surface area (Å²) in [6.07, 6.45) is 2.31. The Bertz CT molecular complexity index is 1060. The van der Waals surface area contributed by atoms with Crippen molar-refractivity contribution in [3.8, 4) is 23.0 Å². The van der Waals surface area contributed by atoms with Gasteiger partial charge in [0.25, 0.3) is 0 Å². The Labute approximate surface area is 181 Å². The Morgan fingerprint density at radius 1 is 1.03 bits per heavy atom. The summed E-state index contributed by atoms with van der Waals surface area (Å²) >= 11 is 0. The molecule has 0 aliphatic rings. The van der Waals surface area contributed by atoms with Gasteiger partial charge in [-0.2, -0.15) is 0 Å². The van der Waals surface area contributed by atoms with Crippen molar-refractivity contribution in [2.45, 2.75) is 19.6 Å². The molecule has 6 heteroatoms. The number of hydrogen-bond acceptors (Lipinski definition) is 6. The molecule has 0 spiro atoms. The predicted octanol–water partition coefficient (Wildman–Crippen LogP) is 4.65. The van der Waals surface area contributed by atoms with E-state index in [2.05, 4.69) is 0 Å². The fourth-order valence-electron chi connectivity index (χ4n) is 2.98. The van der Waals surface area contributed by atoms with Gasteiger partial charge in [-0.25, -0.2) is 0 Å². The van der Waals surface area contributed by atoms with Gasteiger partial charge in [-0.1, -0.05) is 42.5 Å². The van der Waals surface area contributed by atoms with Crippen LogP contribution in [-0.2, 0) is 11.4 Å². The fourth-order valence-corrected chi connectivity index (χ4v) is 2.98. The van der Waals surface area contributed by atoms with Crippen molar-refractivity contribution >= 4 is 12.0 Å². The molecule has 0 radical (unpaired) electrons. The molecule has 3 aromatic carbocycles. The molecule has 3 rings (SSSR count). The van der Waals surface area contributed by atoms with Gasteiger partial charge in [0.05, 0.1) is 7.11 Å². The van der Waals surface area contributed by atoms with Gasteiger partial charge < -0.3 is 24.4 Å². The zero-order chi connectivity index (χ0) is 22.2. The molecule has 6 nitrogen and oxygen atoms in total. The first kappa shape index (κ1) is 21.9. The molecule has 1 unspecified atom stereocenters. The van der Waals surface area contributed by atoms with Crippen LogP contribution < -0.4 is 14.2 Å². The summed E-state index contributed by atoms with van der Waals surface area (Å²) in [6.45, 7) is 1.63. The van der Waals surface area contributed by atoms with E-state index in [-0.39, 0.29) is 5.75 Å². The Morgan fingerprint density at radius 2 is 1.81 bits per heavy atom. The third kappa shape index (κ3) is 6.10. The van der Waals surface area contributed by atoms with E-state index in [0.29, 0.717) is 35.0 Å². The molecular weight excluding hydrogens is 396 g/mol.